The van der Waals surface area contributed by atoms with Crippen molar-refractivity contribution >= 4 is 23.8 Å². The van der Waals surface area contributed by atoms with Crippen LogP contribution in [-0.2, 0) is 0 Å². The third-order valence-corrected chi connectivity index (χ3v) is 6.79. The van der Waals surface area contributed by atoms with E-state index < -0.39 is 0 Å². The molecule has 30 heavy (non-hydrogen) atoms. The summed E-state index contributed by atoms with van der Waals surface area (Å²) in [5.41, 5.74) is 6.23. The third-order valence-electron chi connectivity index (χ3n) is 6.40. The average molecular weight is 419 g/mol. The van der Waals surface area contributed by atoms with Crippen molar-refractivity contribution in [3.05, 3.63) is 93.8 Å². The molecule has 0 amide bonds. The zero-order chi connectivity index (χ0) is 21.1. The van der Waals surface area contributed by atoms with Crippen LogP contribution < -0.4 is 0 Å². The molecule has 154 valence electrons. The summed E-state index contributed by atoms with van der Waals surface area (Å²) in [7, 11) is 0. The summed E-state index contributed by atoms with van der Waals surface area (Å²) in [4.78, 5) is 0. The summed E-state index contributed by atoms with van der Waals surface area (Å²) >= 11 is 6.12. The Morgan fingerprint density at radius 3 is 2.03 bits per heavy atom. The molecule has 1 aliphatic rings. The predicted molar refractivity (Wildman–Crippen MR) is 127 cm³/mol. The number of aryl methyl sites for hydroxylation is 1. The predicted octanol–water partition coefficient (Wildman–Crippen LogP) is 8.92. The molecular formula is C28H28ClF. The van der Waals surface area contributed by atoms with E-state index in [0.717, 1.165) is 17.4 Å². The molecule has 1 saturated carbocycles. The smallest absolute Gasteiger partial charge is 0.145 e. The highest BCUT2D eigenvalue weighted by Gasteiger charge is 2.19. The lowest BCUT2D eigenvalue weighted by atomic mass is 9.79. The molecule has 2 heteroatoms. The van der Waals surface area contributed by atoms with Crippen molar-refractivity contribution in [3.63, 3.8) is 0 Å². The van der Waals surface area contributed by atoms with Crippen molar-refractivity contribution < 1.29 is 4.39 Å². The minimum Gasteiger partial charge on any atom is -0.205 e. The third kappa shape index (κ3) is 4.68. The number of hydrogen-bond donors (Lipinski definition) is 0. The van der Waals surface area contributed by atoms with E-state index in [1.54, 1.807) is 13.0 Å². The van der Waals surface area contributed by atoms with Gasteiger partial charge in [0.2, 0.25) is 0 Å². The molecule has 4 rings (SSSR count). The van der Waals surface area contributed by atoms with Crippen molar-refractivity contribution in [3.8, 4) is 11.1 Å². The molecule has 3 aromatic rings. The SMILES string of the molecule is Cc1ccc(/C=C/c2ccc(-c3ccc(C4CCC(C)CC4)cc3)cc2)c(Cl)c1F. The lowest BCUT2D eigenvalue weighted by Gasteiger charge is -2.26. The summed E-state index contributed by atoms with van der Waals surface area (Å²) < 4.78 is 14.0. The van der Waals surface area contributed by atoms with Crippen LogP contribution in [0.5, 0.6) is 0 Å². The Morgan fingerprint density at radius 2 is 1.40 bits per heavy atom. The van der Waals surface area contributed by atoms with E-state index in [1.807, 2.05) is 18.2 Å². The first-order valence-electron chi connectivity index (χ1n) is 10.8. The van der Waals surface area contributed by atoms with E-state index in [2.05, 4.69) is 55.5 Å². The second-order valence-corrected chi connectivity index (χ2v) is 9.01. The number of hydrogen-bond acceptors (Lipinski definition) is 0. The van der Waals surface area contributed by atoms with Gasteiger partial charge in [0.25, 0.3) is 0 Å². The van der Waals surface area contributed by atoms with E-state index in [4.69, 9.17) is 11.6 Å². The fraction of sp³-hybridized carbons (Fsp3) is 0.286. The maximum Gasteiger partial charge on any atom is 0.145 e. The molecule has 1 fully saturated rings. The highest BCUT2D eigenvalue weighted by atomic mass is 35.5. The second kappa shape index (κ2) is 9.18. The summed E-state index contributed by atoms with van der Waals surface area (Å²) in [6.45, 7) is 4.08. The quantitative estimate of drug-likeness (QED) is 0.371. The van der Waals surface area contributed by atoms with Crippen LogP contribution in [0.15, 0.2) is 60.7 Å². The van der Waals surface area contributed by atoms with E-state index in [9.17, 15) is 4.39 Å². The minimum atomic E-state index is -0.347. The van der Waals surface area contributed by atoms with Crippen LogP contribution in [0.3, 0.4) is 0 Å². The molecule has 0 heterocycles. The van der Waals surface area contributed by atoms with Crippen LogP contribution in [0.2, 0.25) is 5.02 Å². The molecular weight excluding hydrogens is 391 g/mol. The van der Waals surface area contributed by atoms with Gasteiger partial charge >= 0.3 is 0 Å². The summed E-state index contributed by atoms with van der Waals surface area (Å²) in [5, 5.41) is 0.176. The number of halogens is 2. The first-order valence-corrected chi connectivity index (χ1v) is 11.2. The van der Waals surface area contributed by atoms with E-state index in [1.165, 1.54) is 42.4 Å². The Labute approximate surface area is 184 Å². The molecule has 0 saturated heterocycles. The molecule has 0 nitrogen and oxygen atoms in total. The van der Waals surface area contributed by atoms with Gasteiger partial charge in [-0.3, -0.25) is 0 Å². The fourth-order valence-electron chi connectivity index (χ4n) is 4.30. The number of benzene rings is 3. The molecule has 1 aliphatic carbocycles. The van der Waals surface area contributed by atoms with Crippen molar-refractivity contribution in [2.24, 2.45) is 5.92 Å². The largest absolute Gasteiger partial charge is 0.205 e. The highest BCUT2D eigenvalue weighted by Crippen LogP contribution is 2.36. The first kappa shape index (κ1) is 20.9. The molecule has 0 bridgehead atoms. The average Bonchev–Trinajstić information content (AvgIpc) is 2.78. The van der Waals surface area contributed by atoms with Gasteiger partial charge in [0, 0.05) is 0 Å². The van der Waals surface area contributed by atoms with Gasteiger partial charge in [0.15, 0.2) is 0 Å². The Balaban J connectivity index is 1.45. The molecule has 0 N–H and O–H groups in total. The van der Waals surface area contributed by atoms with Gasteiger partial charge in [-0.05, 0) is 65.0 Å². The van der Waals surface area contributed by atoms with Crippen molar-refractivity contribution in [2.75, 3.05) is 0 Å². The molecule has 0 aliphatic heterocycles. The molecule has 0 spiro atoms. The normalized spacial score (nSPS) is 19.3. The van der Waals surface area contributed by atoms with Gasteiger partial charge in [0.1, 0.15) is 5.82 Å². The van der Waals surface area contributed by atoms with Gasteiger partial charge in [-0.2, -0.15) is 0 Å². The van der Waals surface area contributed by atoms with Gasteiger partial charge in [-0.15, -0.1) is 0 Å². The van der Waals surface area contributed by atoms with Crippen LogP contribution in [0.1, 0.15) is 60.8 Å². The van der Waals surface area contributed by atoms with Gasteiger partial charge in [-0.1, -0.05) is 104 Å². The number of rotatable bonds is 4. The zero-order valence-electron chi connectivity index (χ0n) is 17.7. The lowest BCUT2D eigenvalue weighted by molar-refractivity contribution is 0.348. The fourth-order valence-corrected chi connectivity index (χ4v) is 4.58. The van der Waals surface area contributed by atoms with Crippen LogP contribution >= 0.6 is 11.6 Å². The molecule has 0 radical (unpaired) electrons. The summed E-state index contributed by atoms with van der Waals surface area (Å²) in [5.74, 6) is 1.26. The summed E-state index contributed by atoms with van der Waals surface area (Å²) in [6, 6.07) is 21.1. The standard InChI is InChI=1S/C28H28ClF/c1-19-3-9-22(10-4-19)24-15-17-25(18-16-24)23-12-6-21(7-13-23)8-14-26-11-5-20(2)28(30)27(26)29/h5-8,11-19,22H,3-4,9-10H2,1-2H3/b14-8+. The molecule has 0 aromatic heterocycles. The maximum absolute atomic E-state index is 14.0. The van der Waals surface area contributed by atoms with Crippen LogP contribution in [0.25, 0.3) is 23.3 Å². The molecule has 3 aromatic carbocycles. The van der Waals surface area contributed by atoms with Crippen molar-refractivity contribution in [1.29, 1.82) is 0 Å². The van der Waals surface area contributed by atoms with Crippen LogP contribution in [0, 0.1) is 18.7 Å². The highest BCUT2D eigenvalue weighted by molar-refractivity contribution is 6.32. The van der Waals surface area contributed by atoms with Crippen LogP contribution in [0.4, 0.5) is 4.39 Å². The molecule has 0 unspecified atom stereocenters. The Hall–Kier alpha value is -2.38. The van der Waals surface area contributed by atoms with E-state index >= 15 is 0 Å². The summed E-state index contributed by atoms with van der Waals surface area (Å²) in [6.07, 6.45) is 9.16. The maximum atomic E-state index is 14.0. The Bertz CT molecular complexity index is 1020. The van der Waals surface area contributed by atoms with Crippen LogP contribution in [-0.4, -0.2) is 0 Å². The van der Waals surface area contributed by atoms with Crippen molar-refractivity contribution in [2.45, 2.75) is 45.4 Å². The van der Waals surface area contributed by atoms with Gasteiger partial charge in [-0.25, -0.2) is 4.39 Å². The minimum absolute atomic E-state index is 0.176. The topological polar surface area (TPSA) is 0 Å². The van der Waals surface area contributed by atoms with Crippen molar-refractivity contribution in [1.82, 2.24) is 0 Å². The van der Waals surface area contributed by atoms with Gasteiger partial charge in [0.05, 0.1) is 5.02 Å². The zero-order valence-corrected chi connectivity index (χ0v) is 18.4. The van der Waals surface area contributed by atoms with E-state index in [-0.39, 0.29) is 10.8 Å². The Kier molecular flexibility index (Phi) is 6.39. The lowest BCUT2D eigenvalue weighted by Crippen LogP contribution is -2.10. The second-order valence-electron chi connectivity index (χ2n) is 8.63. The Morgan fingerprint density at radius 1 is 0.800 bits per heavy atom. The first-order chi connectivity index (χ1) is 14.5. The van der Waals surface area contributed by atoms with E-state index in [0.29, 0.717) is 11.1 Å². The molecule has 0 atom stereocenters. The van der Waals surface area contributed by atoms with Gasteiger partial charge < -0.3 is 0 Å². The monoisotopic (exact) mass is 418 g/mol.